The molecule has 1 amide bonds. The van der Waals surface area contributed by atoms with Crippen molar-refractivity contribution >= 4 is 45.6 Å². The molecule has 3 rings (SSSR count). The van der Waals surface area contributed by atoms with Gasteiger partial charge < -0.3 is 15.0 Å². The second kappa shape index (κ2) is 6.32. The van der Waals surface area contributed by atoms with Gasteiger partial charge in [-0.3, -0.25) is 9.59 Å². The fraction of sp³-hybridized carbons (Fsp3) is 0.333. The van der Waals surface area contributed by atoms with E-state index in [9.17, 15) is 9.59 Å². The van der Waals surface area contributed by atoms with Crippen LogP contribution in [0.4, 0.5) is 11.4 Å². The molecule has 0 aliphatic carbocycles. The van der Waals surface area contributed by atoms with Gasteiger partial charge in [0.1, 0.15) is 5.75 Å². The molecule has 6 heteroatoms. The van der Waals surface area contributed by atoms with Crippen molar-refractivity contribution in [3.63, 3.8) is 0 Å². The molecule has 0 saturated carbocycles. The topological polar surface area (TPSA) is 58.6 Å². The maximum atomic E-state index is 11.5. The normalized spacial score (nSPS) is 16.2. The first-order valence-corrected chi connectivity index (χ1v) is 8.28. The van der Waals surface area contributed by atoms with E-state index < -0.39 is 0 Å². The van der Waals surface area contributed by atoms with E-state index in [-0.39, 0.29) is 17.8 Å². The van der Waals surface area contributed by atoms with E-state index in [1.807, 2.05) is 25.2 Å². The van der Waals surface area contributed by atoms with Crippen LogP contribution in [0.5, 0.6) is 5.75 Å². The molecule has 2 aromatic rings. The van der Waals surface area contributed by atoms with Gasteiger partial charge >= 0.3 is 5.97 Å². The van der Waals surface area contributed by atoms with Crippen molar-refractivity contribution in [1.82, 2.24) is 0 Å². The van der Waals surface area contributed by atoms with Crippen molar-refractivity contribution in [3.8, 4) is 5.75 Å². The van der Waals surface area contributed by atoms with Crippen LogP contribution in [0.1, 0.15) is 25.3 Å². The lowest BCUT2D eigenvalue weighted by Crippen LogP contribution is -2.15. The lowest BCUT2D eigenvalue weighted by atomic mass is 9.95. The molecule has 0 bridgehead atoms. The molecular weight excluding hydrogens is 328 g/mol. The van der Waals surface area contributed by atoms with E-state index >= 15 is 0 Å². The largest absolute Gasteiger partial charge is 0.426 e. The molecule has 0 saturated heterocycles. The number of nitrogens with zero attached hydrogens (tertiary/aromatic N) is 1. The minimum Gasteiger partial charge on any atom is -0.426 e. The Morgan fingerprint density at radius 1 is 1.29 bits per heavy atom. The number of nitrogens with one attached hydrogen (secondary N) is 1. The number of anilines is 2. The van der Waals surface area contributed by atoms with Crippen molar-refractivity contribution in [2.24, 2.45) is 0 Å². The first-order valence-electron chi connectivity index (χ1n) is 7.74. The highest BCUT2D eigenvalue weighted by atomic mass is 35.5. The number of fused-ring (bicyclic) bond motifs is 3. The number of hydrogen-bond acceptors (Lipinski definition) is 4. The summed E-state index contributed by atoms with van der Waals surface area (Å²) < 4.78 is 5.41. The highest BCUT2D eigenvalue weighted by Gasteiger charge is 2.29. The third-order valence-corrected chi connectivity index (χ3v) is 4.57. The van der Waals surface area contributed by atoms with Crippen LogP contribution in [-0.4, -0.2) is 31.3 Å². The monoisotopic (exact) mass is 346 g/mol. The van der Waals surface area contributed by atoms with Gasteiger partial charge in [-0.25, -0.2) is 0 Å². The van der Waals surface area contributed by atoms with Crippen LogP contribution in [0.2, 0.25) is 0 Å². The fourth-order valence-corrected chi connectivity index (χ4v) is 3.56. The van der Waals surface area contributed by atoms with Crippen LogP contribution >= 0.6 is 11.6 Å². The number of likely N-dealkylation sites (N-methyl/N-ethyl adjacent to an activating group) is 1. The maximum Gasteiger partial charge on any atom is 0.308 e. The molecule has 1 aliphatic rings. The number of halogens is 1. The van der Waals surface area contributed by atoms with Crippen molar-refractivity contribution in [2.75, 3.05) is 29.7 Å². The van der Waals surface area contributed by atoms with Gasteiger partial charge in [0.05, 0.1) is 0 Å². The highest BCUT2D eigenvalue weighted by Crippen LogP contribution is 2.45. The van der Waals surface area contributed by atoms with Gasteiger partial charge in [-0.2, -0.15) is 0 Å². The summed E-state index contributed by atoms with van der Waals surface area (Å²) in [5.41, 5.74) is 2.84. The summed E-state index contributed by atoms with van der Waals surface area (Å²) >= 11 is 6.17. The van der Waals surface area contributed by atoms with E-state index in [1.165, 1.54) is 13.8 Å². The summed E-state index contributed by atoms with van der Waals surface area (Å²) in [5, 5.41) is 4.58. The number of amides is 1. The molecule has 24 heavy (non-hydrogen) atoms. The van der Waals surface area contributed by atoms with Crippen molar-refractivity contribution in [1.29, 1.82) is 0 Å². The Morgan fingerprint density at radius 2 is 2.04 bits per heavy atom. The quantitative estimate of drug-likeness (QED) is 0.525. The van der Waals surface area contributed by atoms with Gasteiger partial charge in [0.15, 0.2) is 0 Å². The van der Waals surface area contributed by atoms with Crippen LogP contribution < -0.4 is 15.0 Å². The third kappa shape index (κ3) is 2.91. The Hall–Kier alpha value is -2.27. The zero-order valence-corrected chi connectivity index (χ0v) is 14.6. The summed E-state index contributed by atoms with van der Waals surface area (Å²) in [4.78, 5) is 24.9. The predicted octanol–water partition coefficient (Wildman–Crippen LogP) is 3.50. The zero-order valence-electron chi connectivity index (χ0n) is 13.9. The number of esters is 1. The molecule has 1 heterocycles. The Balaban J connectivity index is 2.27. The van der Waals surface area contributed by atoms with Crippen LogP contribution in [0.25, 0.3) is 10.8 Å². The second-order valence-electron chi connectivity index (χ2n) is 6.07. The van der Waals surface area contributed by atoms with Crippen molar-refractivity contribution < 1.29 is 14.3 Å². The van der Waals surface area contributed by atoms with Gasteiger partial charge in [-0.05, 0) is 29.1 Å². The lowest BCUT2D eigenvalue weighted by molar-refractivity contribution is -0.131. The molecule has 0 fully saturated rings. The van der Waals surface area contributed by atoms with Crippen LogP contribution in [0.3, 0.4) is 0 Å². The van der Waals surface area contributed by atoms with E-state index in [2.05, 4.69) is 10.2 Å². The average molecular weight is 347 g/mol. The molecule has 1 unspecified atom stereocenters. The fourth-order valence-electron chi connectivity index (χ4n) is 3.31. The minimum atomic E-state index is -0.364. The zero-order chi connectivity index (χ0) is 17.4. The van der Waals surface area contributed by atoms with Crippen LogP contribution in [0.15, 0.2) is 24.3 Å². The average Bonchev–Trinajstić information content (AvgIpc) is 2.82. The van der Waals surface area contributed by atoms with E-state index in [0.717, 1.165) is 28.6 Å². The van der Waals surface area contributed by atoms with E-state index in [4.69, 9.17) is 16.3 Å². The summed E-state index contributed by atoms with van der Waals surface area (Å²) in [6.07, 6.45) is 0. The van der Waals surface area contributed by atoms with Crippen LogP contribution in [-0.2, 0) is 9.59 Å². The second-order valence-corrected chi connectivity index (χ2v) is 6.38. The molecule has 5 nitrogen and oxygen atoms in total. The molecule has 1 atom stereocenters. The maximum absolute atomic E-state index is 11.5. The van der Waals surface area contributed by atoms with Gasteiger partial charge in [0.25, 0.3) is 0 Å². The summed E-state index contributed by atoms with van der Waals surface area (Å²) in [6.45, 7) is 3.66. The number of carbonyl (C=O) groups excluding carboxylic acids is 2. The Labute approximate surface area is 145 Å². The van der Waals surface area contributed by atoms with Crippen molar-refractivity contribution in [2.45, 2.75) is 19.8 Å². The van der Waals surface area contributed by atoms with Crippen LogP contribution in [0, 0.1) is 0 Å². The number of alkyl halides is 1. The lowest BCUT2D eigenvalue weighted by Gasteiger charge is -2.16. The van der Waals surface area contributed by atoms with Gasteiger partial charge in [0, 0.05) is 62.1 Å². The summed E-state index contributed by atoms with van der Waals surface area (Å²) in [5.74, 6) is 0.717. The Kier molecular flexibility index (Phi) is 4.37. The van der Waals surface area contributed by atoms with Gasteiger partial charge in [-0.1, -0.05) is 0 Å². The first kappa shape index (κ1) is 16.6. The molecule has 0 spiro atoms. The molecule has 0 radical (unpaired) electrons. The first-order chi connectivity index (χ1) is 11.4. The standard InChI is InChI=1S/C18H19ClN2O3/c1-10(22)20-13-4-5-14-15(6-13)18-12(8-19)9-21(3)16(18)7-17(14)24-11(2)23/h4-7,12H,8-9H2,1-3H3,(H,20,22). The number of rotatable bonds is 3. The van der Waals surface area contributed by atoms with Gasteiger partial charge in [0.2, 0.25) is 5.91 Å². The molecule has 1 aliphatic heterocycles. The summed E-state index contributed by atoms with van der Waals surface area (Å²) in [7, 11) is 1.99. The van der Waals surface area contributed by atoms with E-state index in [1.54, 1.807) is 6.07 Å². The molecular formula is C18H19ClN2O3. The highest BCUT2D eigenvalue weighted by molar-refractivity contribution is 6.19. The molecule has 1 N–H and O–H groups in total. The molecule has 126 valence electrons. The van der Waals surface area contributed by atoms with Crippen molar-refractivity contribution in [3.05, 3.63) is 29.8 Å². The number of hydrogen-bond donors (Lipinski definition) is 1. The number of benzene rings is 2. The van der Waals surface area contributed by atoms with E-state index in [0.29, 0.717) is 17.3 Å². The Bertz CT molecular complexity index is 835. The Morgan fingerprint density at radius 3 is 2.67 bits per heavy atom. The molecule has 2 aromatic carbocycles. The third-order valence-electron chi connectivity index (χ3n) is 4.19. The number of carbonyl (C=O) groups is 2. The SMILES string of the molecule is CC(=O)Nc1ccc2c(OC(C)=O)cc3c(c2c1)C(CCl)CN3C. The predicted molar refractivity (Wildman–Crippen MR) is 96.3 cm³/mol. The summed E-state index contributed by atoms with van der Waals surface area (Å²) in [6, 6.07) is 7.48. The molecule has 0 aromatic heterocycles. The smallest absolute Gasteiger partial charge is 0.308 e. The minimum absolute atomic E-state index is 0.131. The number of ether oxygens (including phenoxy) is 1. The van der Waals surface area contributed by atoms with Gasteiger partial charge in [-0.15, -0.1) is 11.6 Å².